The van der Waals surface area contributed by atoms with Gasteiger partial charge in [-0.1, -0.05) is 37.6 Å². The molecule has 2 aromatic carbocycles. The zero-order valence-corrected chi connectivity index (χ0v) is 26.6. The summed E-state index contributed by atoms with van der Waals surface area (Å²) in [6.45, 7) is 4.41. The van der Waals surface area contributed by atoms with Crippen molar-refractivity contribution in [3.63, 3.8) is 0 Å². The number of carbonyl (C=O) groups excluding carboxylic acids is 4. The van der Waals surface area contributed by atoms with E-state index in [1.165, 1.54) is 24.3 Å². The molecule has 0 spiro atoms. The number of amides is 3. The molecule has 3 amide bonds. The molecule has 0 bridgehead atoms. The number of ether oxygens (including phenoxy) is 1. The SMILES string of the molecule is CCCC(NC(=O)C(Cc1cccc(N(CCCl)CCCl)c1)NC(=O)CNC(=O)C(N)Cc1ccc(F)cc1)C(=O)OCC. The topological polar surface area (TPSA) is 143 Å². The summed E-state index contributed by atoms with van der Waals surface area (Å²) in [6.07, 6.45) is 1.21. The van der Waals surface area contributed by atoms with Gasteiger partial charge in [-0.25, -0.2) is 9.18 Å². The summed E-state index contributed by atoms with van der Waals surface area (Å²) in [4.78, 5) is 53.4. The lowest BCUT2D eigenvalue weighted by Gasteiger charge is -2.25. The molecule has 0 fully saturated rings. The van der Waals surface area contributed by atoms with Crippen molar-refractivity contribution in [2.24, 2.45) is 5.73 Å². The van der Waals surface area contributed by atoms with Crippen LogP contribution >= 0.6 is 23.2 Å². The fourth-order valence-electron chi connectivity index (χ4n) is 4.46. The zero-order valence-electron chi connectivity index (χ0n) is 25.1. The molecule has 44 heavy (non-hydrogen) atoms. The van der Waals surface area contributed by atoms with Gasteiger partial charge in [-0.15, -0.1) is 23.2 Å². The number of benzene rings is 2. The van der Waals surface area contributed by atoms with Crippen molar-refractivity contribution < 1.29 is 28.3 Å². The molecule has 2 aromatic rings. The predicted octanol–water partition coefficient (Wildman–Crippen LogP) is 2.67. The predicted molar refractivity (Wildman–Crippen MR) is 170 cm³/mol. The van der Waals surface area contributed by atoms with Gasteiger partial charge in [0.15, 0.2) is 0 Å². The summed E-state index contributed by atoms with van der Waals surface area (Å²) in [5, 5.41) is 7.87. The molecule has 0 heterocycles. The van der Waals surface area contributed by atoms with Gasteiger partial charge in [-0.2, -0.15) is 0 Å². The van der Waals surface area contributed by atoms with Crippen LogP contribution in [0.3, 0.4) is 0 Å². The van der Waals surface area contributed by atoms with E-state index in [9.17, 15) is 23.6 Å². The number of nitrogens with two attached hydrogens (primary N) is 1. The number of esters is 1. The van der Waals surface area contributed by atoms with E-state index in [-0.39, 0.29) is 19.4 Å². The van der Waals surface area contributed by atoms with Gasteiger partial charge in [-0.3, -0.25) is 14.4 Å². The quantitative estimate of drug-likeness (QED) is 0.135. The van der Waals surface area contributed by atoms with E-state index in [2.05, 4.69) is 16.0 Å². The third-order valence-corrected chi connectivity index (χ3v) is 7.01. The number of rotatable bonds is 19. The van der Waals surface area contributed by atoms with Crippen molar-refractivity contribution in [1.29, 1.82) is 0 Å². The molecule has 10 nitrogen and oxygen atoms in total. The standard InChI is InChI=1S/C31H42Cl2FN5O5/c1-3-6-26(31(43)44-4-2)38-30(42)27(19-22-7-5-8-24(17-22)39(15-13-32)16-14-33)37-28(40)20-36-29(41)25(35)18-21-9-11-23(34)12-10-21/h5,7-12,17,25-27H,3-4,6,13-16,18-20,35H2,1-2H3,(H,36,41)(H,37,40)(H,38,42). The second-order valence-corrected chi connectivity index (χ2v) is 10.9. The Morgan fingerprint density at radius 1 is 0.909 bits per heavy atom. The highest BCUT2D eigenvalue weighted by molar-refractivity contribution is 6.18. The molecule has 2 rings (SSSR count). The lowest BCUT2D eigenvalue weighted by atomic mass is 10.0. The number of carbonyl (C=O) groups is 4. The van der Waals surface area contributed by atoms with Crippen molar-refractivity contribution in [1.82, 2.24) is 16.0 Å². The van der Waals surface area contributed by atoms with Crippen LogP contribution in [0.1, 0.15) is 37.8 Å². The summed E-state index contributed by atoms with van der Waals surface area (Å²) in [6, 6.07) is 10.1. The first kappa shape index (κ1) is 36.8. The molecule has 0 aromatic heterocycles. The van der Waals surface area contributed by atoms with Gasteiger partial charge in [0.25, 0.3) is 0 Å². The number of hydrogen-bond acceptors (Lipinski definition) is 7. The molecule has 0 aliphatic carbocycles. The largest absolute Gasteiger partial charge is 0.464 e. The molecule has 242 valence electrons. The highest BCUT2D eigenvalue weighted by Gasteiger charge is 2.28. The molecule has 0 saturated heterocycles. The van der Waals surface area contributed by atoms with Crippen LogP contribution in [0.4, 0.5) is 10.1 Å². The van der Waals surface area contributed by atoms with E-state index < -0.39 is 54.2 Å². The minimum absolute atomic E-state index is 0.0979. The second kappa shape index (κ2) is 19.8. The number of alkyl halides is 2. The highest BCUT2D eigenvalue weighted by Crippen LogP contribution is 2.18. The second-order valence-electron chi connectivity index (χ2n) is 10.1. The van der Waals surface area contributed by atoms with Gasteiger partial charge < -0.3 is 31.3 Å². The fraction of sp³-hybridized carbons (Fsp3) is 0.484. The van der Waals surface area contributed by atoms with Crippen molar-refractivity contribution in [2.45, 2.75) is 57.7 Å². The van der Waals surface area contributed by atoms with Gasteiger partial charge in [0.2, 0.25) is 17.7 Å². The molecule has 13 heteroatoms. The van der Waals surface area contributed by atoms with Crippen molar-refractivity contribution >= 4 is 52.6 Å². The van der Waals surface area contributed by atoms with Gasteiger partial charge in [0.1, 0.15) is 17.9 Å². The normalized spacial score (nSPS) is 12.9. The Kier molecular flexibility index (Phi) is 16.5. The molecule has 0 radical (unpaired) electrons. The number of nitrogens with zero attached hydrogens (tertiary/aromatic N) is 1. The lowest BCUT2D eigenvalue weighted by Crippen LogP contribution is -2.54. The molecular formula is C31H42Cl2FN5O5. The van der Waals surface area contributed by atoms with Crippen LogP contribution in [0.25, 0.3) is 0 Å². The lowest BCUT2D eigenvalue weighted by molar-refractivity contribution is -0.147. The molecule has 3 unspecified atom stereocenters. The van der Waals surface area contributed by atoms with Gasteiger partial charge in [0, 0.05) is 37.0 Å². The Labute approximate surface area is 268 Å². The molecule has 0 aliphatic heterocycles. The number of anilines is 1. The van der Waals surface area contributed by atoms with Gasteiger partial charge >= 0.3 is 5.97 Å². The van der Waals surface area contributed by atoms with Crippen LogP contribution < -0.4 is 26.6 Å². The molecule has 5 N–H and O–H groups in total. The fourth-order valence-corrected chi connectivity index (χ4v) is 4.87. The summed E-state index contributed by atoms with van der Waals surface area (Å²) >= 11 is 11.9. The number of nitrogens with one attached hydrogen (secondary N) is 3. The van der Waals surface area contributed by atoms with Crippen LogP contribution in [0.2, 0.25) is 0 Å². The van der Waals surface area contributed by atoms with Crippen LogP contribution in [0.15, 0.2) is 48.5 Å². The first-order valence-electron chi connectivity index (χ1n) is 14.6. The Hall–Kier alpha value is -3.41. The minimum atomic E-state index is -1.08. The van der Waals surface area contributed by atoms with E-state index in [1.807, 2.05) is 36.1 Å². The van der Waals surface area contributed by atoms with E-state index in [0.717, 1.165) is 11.3 Å². The van der Waals surface area contributed by atoms with Crippen molar-refractivity contribution in [3.8, 4) is 0 Å². The average Bonchev–Trinajstić information content (AvgIpc) is 3.00. The third kappa shape index (κ3) is 12.7. The Bertz CT molecular complexity index is 1210. The number of halogens is 3. The van der Waals surface area contributed by atoms with Gasteiger partial charge in [-0.05, 0) is 55.2 Å². The zero-order chi connectivity index (χ0) is 32.5. The van der Waals surface area contributed by atoms with E-state index in [1.54, 1.807) is 6.92 Å². The maximum atomic E-state index is 13.5. The summed E-state index contributed by atoms with van der Waals surface area (Å²) < 4.78 is 18.3. The first-order chi connectivity index (χ1) is 21.1. The Morgan fingerprint density at radius 2 is 1.59 bits per heavy atom. The smallest absolute Gasteiger partial charge is 0.328 e. The van der Waals surface area contributed by atoms with E-state index in [0.29, 0.717) is 43.3 Å². The Balaban J connectivity index is 2.17. The average molecular weight is 655 g/mol. The molecule has 3 atom stereocenters. The van der Waals surface area contributed by atoms with E-state index in [4.69, 9.17) is 33.7 Å². The molecule has 0 aliphatic rings. The number of hydrogen-bond donors (Lipinski definition) is 4. The summed E-state index contributed by atoms with van der Waals surface area (Å²) in [7, 11) is 0. The van der Waals surface area contributed by atoms with E-state index >= 15 is 0 Å². The molecule has 0 saturated carbocycles. The summed E-state index contributed by atoms with van der Waals surface area (Å²) in [5.41, 5.74) is 8.24. The maximum absolute atomic E-state index is 13.5. The summed E-state index contributed by atoms with van der Waals surface area (Å²) in [5.74, 6) is -1.95. The monoisotopic (exact) mass is 653 g/mol. The van der Waals surface area contributed by atoms with Crippen LogP contribution in [0, 0.1) is 5.82 Å². The van der Waals surface area contributed by atoms with Crippen LogP contribution in [0.5, 0.6) is 0 Å². The third-order valence-electron chi connectivity index (χ3n) is 6.67. The van der Waals surface area contributed by atoms with Crippen molar-refractivity contribution in [2.75, 3.05) is 42.9 Å². The maximum Gasteiger partial charge on any atom is 0.328 e. The van der Waals surface area contributed by atoms with Gasteiger partial charge in [0.05, 0.1) is 19.2 Å². The molecular weight excluding hydrogens is 612 g/mol. The highest BCUT2D eigenvalue weighted by atomic mass is 35.5. The first-order valence-corrected chi connectivity index (χ1v) is 15.7. The van der Waals surface area contributed by atoms with Crippen LogP contribution in [-0.2, 0) is 36.8 Å². The van der Waals surface area contributed by atoms with Crippen LogP contribution in [-0.4, -0.2) is 79.8 Å². The van der Waals surface area contributed by atoms with Crippen molar-refractivity contribution in [3.05, 3.63) is 65.5 Å². The minimum Gasteiger partial charge on any atom is -0.464 e. The Morgan fingerprint density at radius 3 is 2.20 bits per heavy atom.